The number of sulfone groups is 1. The van der Waals surface area contributed by atoms with Gasteiger partial charge in [-0.3, -0.25) is 4.99 Å². The number of nitrogens with two attached hydrogens (primary N) is 1. The lowest BCUT2D eigenvalue weighted by Gasteiger charge is -2.38. The van der Waals surface area contributed by atoms with Crippen LogP contribution in [-0.4, -0.2) is 31.9 Å². The first-order valence-electron chi connectivity index (χ1n) is 7.07. The molecule has 2 rings (SSSR count). The molecule has 0 radical (unpaired) electrons. The number of guanidine groups is 1. The average Bonchev–Trinajstić information content (AvgIpc) is 2.23. The first-order valence-corrected chi connectivity index (χ1v) is 8.96. The molecule has 0 aromatic heterocycles. The predicted octanol–water partition coefficient (Wildman–Crippen LogP) is 2.00. The SMILES string of the molecule is Cc1cc(C)cc(NC(N)=NCC2(S(C)(=O)=O)CCC2)c1. The van der Waals surface area contributed by atoms with Crippen LogP contribution in [0.25, 0.3) is 0 Å². The minimum Gasteiger partial charge on any atom is -0.370 e. The van der Waals surface area contributed by atoms with E-state index in [-0.39, 0.29) is 12.5 Å². The van der Waals surface area contributed by atoms with E-state index < -0.39 is 14.6 Å². The molecule has 1 fully saturated rings. The minimum atomic E-state index is -3.10. The Morgan fingerprint density at radius 3 is 2.29 bits per heavy atom. The Morgan fingerprint density at radius 1 is 1.29 bits per heavy atom. The number of hydrogen-bond acceptors (Lipinski definition) is 3. The molecule has 0 aliphatic heterocycles. The number of benzene rings is 1. The second-order valence-electron chi connectivity index (χ2n) is 6.01. The summed E-state index contributed by atoms with van der Waals surface area (Å²) in [6, 6.07) is 6.03. The van der Waals surface area contributed by atoms with Gasteiger partial charge in [-0.25, -0.2) is 8.42 Å². The fourth-order valence-corrected chi connectivity index (χ4v) is 4.01. The summed E-state index contributed by atoms with van der Waals surface area (Å²) in [4.78, 5) is 4.24. The van der Waals surface area contributed by atoms with Crippen molar-refractivity contribution in [3.05, 3.63) is 29.3 Å². The summed E-state index contributed by atoms with van der Waals surface area (Å²) in [5.41, 5.74) is 9.02. The van der Waals surface area contributed by atoms with Gasteiger partial charge in [-0.2, -0.15) is 0 Å². The third-order valence-corrected chi connectivity index (χ3v) is 6.19. The van der Waals surface area contributed by atoms with Crippen LogP contribution in [0.4, 0.5) is 5.69 Å². The highest BCUT2D eigenvalue weighted by molar-refractivity contribution is 7.92. The lowest BCUT2D eigenvalue weighted by Crippen LogP contribution is -2.48. The fraction of sp³-hybridized carbons (Fsp3) is 0.533. The molecule has 1 saturated carbocycles. The van der Waals surface area contributed by atoms with Crippen LogP contribution in [0.3, 0.4) is 0 Å². The van der Waals surface area contributed by atoms with Gasteiger partial charge in [0.25, 0.3) is 0 Å². The molecule has 0 heterocycles. The second-order valence-corrected chi connectivity index (χ2v) is 8.42. The number of aryl methyl sites for hydroxylation is 2. The Labute approximate surface area is 126 Å². The third kappa shape index (κ3) is 3.56. The van der Waals surface area contributed by atoms with E-state index in [9.17, 15) is 8.42 Å². The normalized spacial score (nSPS) is 18.1. The minimum absolute atomic E-state index is 0.232. The van der Waals surface area contributed by atoms with Gasteiger partial charge in [0.2, 0.25) is 0 Å². The predicted molar refractivity (Wildman–Crippen MR) is 87.5 cm³/mol. The number of nitrogens with zero attached hydrogens (tertiary/aromatic N) is 1. The van der Waals surface area contributed by atoms with Crippen LogP contribution in [-0.2, 0) is 9.84 Å². The van der Waals surface area contributed by atoms with Crippen molar-refractivity contribution in [2.45, 2.75) is 37.9 Å². The van der Waals surface area contributed by atoms with Crippen LogP contribution in [0, 0.1) is 13.8 Å². The number of rotatable bonds is 4. The first kappa shape index (κ1) is 15.8. The fourth-order valence-electron chi connectivity index (χ4n) is 2.68. The van der Waals surface area contributed by atoms with Gasteiger partial charge in [-0.05, 0) is 49.9 Å². The summed E-state index contributed by atoms with van der Waals surface area (Å²) in [5.74, 6) is 0.259. The van der Waals surface area contributed by atoms with Gasteiger partial charge >= 0.3 is 0 Å². The summed E-state index contributed by atoms with van der Waals surface area (Å²) in [5, 5.41) is 3.03. The molecule has 0 saturated heterocycles. The van der Waals surface area contributed by atoms with Gasteiger partial charge in [-0.15, -0.1) is 0 Å². The van der Waals surface area contributed by atoms with E-state index in [1.807, 2.05) is 26.0 Å². The Balaban J connectivity index is 2.08. The van der Waals surface area contributed by atoms with Gasteiger partial charge in [0.1, 0.15) is 0 Å². The molecule has 116 valence electrons. The lowest BCUT2D eigenvalue weighted by atomic mass is 9.84. The van der Waals surface area contributed by atoms with E-state index in [1.54, 1.807) is 0 Å². The molecule has 0 unspecified atom stereocenters. The lowest BCUT2D eigenvalue weighted by molar-refractivity contribution is 0.347. The van der Waals surface area contributed by atoms with Crippen LogP contribution in [0.5, 0.6) is 0 Å². The van der Waals surface area contributed by atoms with Gasteiger partial charge < -0.3 is 11.1 Å². The summed E-state index contributed by atoms with van der Waals surface area (Å²) in [6.45, 7) is 4.26. The molecule has 0 amide bonds. The van der Waals surface area contributed by atoms with Crippen molar-refractivity contribution in [1.29, 1.82) is 0 Å². The van der Waals surface area contributed by atoms with Crippen molar-refractivity contribution in [2.75, 3.05) is 18.1 Å². The molecule has 1 aliphatic carbocycles. The molecule has 21 heavy (non-hydrogen) atoms. The van der Waals surface area contributed by atoms with Gasteiger partial charge in [0.05, 0.1) is 11.3 Å². The maximum Gasteiger partial charge on any atom is 0.193 e. The Bertz CT molecular complexity index is 641. The second kappa shape index (κ2) is 5.67. The monoisotopic (exact) mass is 309 g/mol. The maximum atomic E-state index is 11.9. The van der Waals surface area contributed by atoms with Crippen molar-refractivity contribution in [1.82, 2.24) is 0 Å². The molecule has 3 N–H and O–H groups in total. The van der Waals surface area contributed by atoms with Gasteiger partial charge in [-0.1, -0.05) is 12.5 Å². The van der Waals surface area contributed by atoms with Crippen molar-refractivity contribution in [3.8, 4) is 0 Å². The molecule has 0 spiro atoms. The van der Waals surface area contributed by atoms with Crippen LogP contribution in [0.2, 0.25) is 0 Å². The van der Waals surface area contributed by atoms with E-state index in [2.05, 4.69) is 16.4 Å². The van der Waals surface area contributed by atoms with E-state index in [0.717, 1.165) is 23.2 Å². The Kier molecular flexibility index (Phi) is 4.27. The number of hydrogen-bond donors (Lipinski definition) is 2. The molecule has 1 aliphatic rings. The molecule has 1 aromatic carbocycles. The van der Waals surface area contributed by atoms with Gasteiger partial charge in [0, 0.05) is 11.9 Å². The summed E-state index contributed by atoms with van der Waals surface area (Å²) < 4.78 is 23.0. The zero-order valence-corrected chi connectivity index (χ0v) is 13.6. The highest BCUT2D eigenvalue weighted by atomic mass is 32.2. The van der Waals surface area contributed by atoms with Crippen LogP contribution >= 0.6 is 0 Å². The maximum absolute atomic E-state index is 11.9. The van der Waals surface area contributed by atoms with Crippen LogP contribution < -0.4 is 11.1 Å². The van der Waals surface area contributed by atoms with Crippen molar-refractivity contribution in [2.24, 2.45) is 10.7 Å². The van der Waals surface area contributed by atoms with Crippen LogP contribution in [0.15, 0.2) is 23.2 Å². The van der Waals surface area contributed by atoms with E-state index in [4.69, 9.17) is 5.73 Å². The number of nitrogens with one attached hydrogen (secondary N) is 1. The first-order chi connectivity index (χ1) is 9.72. The molecular formula is C15H23N3O2S. The van der Waals surface area contributed by atoms with E-state index in [1.165, 1.54) is 6.26 Å². The smallest absolute Gasteiger partial charge is 0.193 e. The third-order valence-electron chi connectivity index (χ3n) is 4.08. The summed E-state index contributed by atoms with van der Waals surface area (Å²) in [6.07, 6.45) is 3.57. The molecular weight excluding hydrogens is 286 g/mol. The largest absolute Gasteiger partial charge is 0.370 e. The average molecular weight is 309 g/mol. The molecule has 0 bridgehead atoms. The van der Waals surface area contributed by atoms with E-state index >= 15 is 0 Å². The standard InChI is InChI=1S/C15H23N3O2S/c1-11-7-12(2)9-13(8-11)18-14(16)17-10-15(5-4-6-15)21(3,19)20/h7-9H,4-6,10H2,1-3H3,(H3,16,17,18). The highest BCUT2D eigenvalue weighted by Crippen LogP contribution is 2.39. The number of aliphatic imine (C=N–C) groups is 1. The van der Waals surface area contributed by atoms with Crippen molar-refractivity contribution < 1.29 is 8.42 Å². The quantitative estimate of drug-likeness (QED) is 0.658. The Morgan fingerprint density at radius 2 is 1.86 bits per heavy atom. The topological polar surface area (TPSA) is 84.5 Å². The van der Waals surface area contributed by atoms with Crippen LogP contribution in [0.1, 0.15) is 30.4 Å². The highest BCUT2D eigenvalue weighted by Gasteiger charge is 2.46. The summed E-state index contributed by atoms with van der Waals surface area (Å²) in [7, 11) is -3.10. The molecule has 5 nitrogen and oxygen atoms in total. The molecule has 1 aromatic rings. The Hall–Kier alpha value is -1.56. The summed E-state index contributed by atoms with van der Waals surface area (Å²) >= 11 is 0. The molecule has 0 atom stereocenters. The van der Waals surface area contributed by atoms with Gasteiger partial charge in [0.15, 0.2) is 15.8 Å². The van der Waals surface area contributed by atoms with E-state index in [0.29, 0.717) is 12.8 Å². The zero-order valence-electron chi connectivity index (χ0n) is 12.8. The van der Waals surface area contributed by atoms with Crippen molar-refractivity contribution >= 4 is 21.5 Å². The zero-order chi connectivity index (χ0) is 15.7. The molecule has 6 heteroatoms. The van der Waals surface area contributed by atoms with Crippen molar-refractivity contribution in [3.63, 3.8) is 0 Å². The number of anilines is 1.